The van der Waals surface area contributed by atoms with E-state index < -0.39 is 0 Å². The number of aryl methyl sites for hydroxylation is 1. The Bertz CT molecular complexity index is 657. The molecule has 0 fully saturated rings. The van der Waals surface area contributed by atoms with Gasteiger partial charge in [-0.15, -0.1) is 11.3 Å². The fourth-order valence-corrected chi connectivity index (χ4v) is 2.72. The molecule has 17 heavy (non-hydrogen) atoms. The van der Waals surface area contributed by atoms with Gasteiger partial charge >= 0.3 is 0 Å². The highest BCUT2D eigenvalue weighted by molar-refractivity contribution is 7.19. The maximum atomic E-state index is 5.91. The van der Waals surface area contributed by atoms with E-state index in [9.17, 15) is 0 Å². The molecule has 3 aromatic rings. The lowest BCUT2D eigenvalue weighted by Gasteiger charge is -1.94. The van der Waals surface area contributed by atoms with Gasteiger partial charge in [0.2, 0.25) is 5.58 Å². The number of hydrogen-bond donors (Lipinski definition) is 1. The van der Waals surface area contributed by atoms with Crippen LogP contribution in [-0.4, -0.2) is 10.1 Å². The van der Waals surface area contributed by atoms with Crippen LogP contribution in [0.15, 0.2) is 28.9 Å². The van der Waals surface area contributed by atoms with Gasteiger partial charge in [-0.3, -0.25) is 4.98 Å². The van der Waals surface area contributed by atoms with Gasteiger partial charge in [-0.25, -0.2) is 0 Å². The van der Waals surface area contributed by atoms with Crippen LogP contribution in [0.5, 0.6) is 0 Å². The first kappa shape index (κ1) is 10.3. The number of nitrogen functional groups attached to an aromatic ring is 1. The first-order valence-corrected chi connectivity index (χ1v) is 6.10. The van der Waals surface area contributed by atoms with E-state index in [4.69, 9.17) is 10.3 Å². The molecule has 3 heterocycles. The number of aromatic nitrogens is 2. The third-order valence-electron chi connectivity index (χ3n) is 2.67. The van der Waals surface area contributed by atoms with E-state index in [1.165, 1.54) is 0 Å². The number of fused-ring (bicyclic) bond motifs is 1. The third-order valence-corrected chi connectivity index (χ3v) is 3.82. The summed E-state index contributed by atoms with van der Waals surface area (Å²) in [5, 5.41) is 4.07. The highest BCUT2D eigenvalue weighted by Crippen LogP contribution is 2.35. The summed E-state index contributed by atoms with van der Waals surface area (Å²) in [6, 6.07) is 5.84. The predicted octanol–water partition coefficient (Wildman–Crippen LogP) is 2.77. The van der Waals surface area contributed by atoms with Crippen molar-refractivity contribution in [3.63, 3.8) is 0 Å². The lowest BCUT2D eigenvalue weighted by Crippen LogP contribution is -1.90. The molecule has 0 aliphatic carbocycles. The van der Waals surface area contributed by atoms with Crippen molar-refractivity contribution in [3.8, 4) is 0 Å². The van der Waals surface area contributed by atoms with Gasteiger partial charge in [-0.1, -0.05) is 11.2 Å². The molecule has 0 atom stereocenters. The maximum absolute atomic E-state index is 5.91. The van der Waals surface area contributed by atoms with Crippen LogP contribution in [0.4, 0.5) is 5.69 Å². The Kier molecular flexibility index (Phi) is 2.33. The average molecular weight is 245 g/mol. The van der Waals surface area contributed by atoms with Gasteiger partial charge in [0.15, 0.2) is 0 Å². The Hall–Kier alpha value is -1.88. The van der Waals surface area contributed by atoms with Gasteiger partial charge in [0, 0.05) is 23.2 Å². The van der Waals surface area contributed by atoms with Crippen molar-refractivity contribution in [1.29, 1.82) is 0 Å². The van der Waals surface area contributed by atoms with Crippen LogP contribution in [-0.2, 0) is 6.42 Å². The minimum Gasteiger partial charge on any atom is -0.395 e. The van der Waals surface area contributed by atoms with Crippen LogP contribution in [0, 0.1) is 6.92 Å². The smallest absolute Gasteiger partial charge is 0.201 e. The molecular weight excluding hydrogens is 234 g/mol. The first-order valence-electron chi connectivity index (χ1n) is 5.28. The minimum absolute atomic E-state index is 0.674. The van der Waals surface area contributed by atoms with Gasteiger partial charge in [0.05, 0.1) is 5.69 Å². The van der Waals surface area contributed by atoms with Gasteiger partial charge < -0.3 is 10.3 Å². The second-order valence-corrected chi connectivity index (χ2v) is 5.08. The van der Waals surface area contributed by atoms with Crippen LogP contribution in [0.1, 0.15) is 16.3 Å². The number of hydrogen-bond acceptors (Lipinski definition) is 5. The SMILES string of the molecule is Cc1sc2c(Cc3ccccn3)noc2c1N. The van der Waals surface area contributed by atoms with Crippen molar-refractivity contribution in [2.45, 2.75) is 13.3 Å². The zero-order valence-electron chi connectivity index (χ0n) is 9.30. The normalized spacial score (nSPS) is 11.1. The Balaban J connectivity index is 2.04. The number of pyridine rings is 1. The molecule has 0 bridgehead atoms. The summed E-state index contributed by atoms with van der Waals surface area (Å²) in [6.07, 6.45) is 2.45. The molecule has 0 radical (unpaired) electrons. The molecule has 0 spiro atoms. The van der Waals surface area contributed by atoms with Crippen LogP contribution >= 0.6 is 11.3 Å². The van der Waals surface area contributed by atoms with E-state index in [1.54, 1.807) is 17.5 Å². The minimum atomic E-state index is 0.674. The predicted molar refractivity (Wildman–Crippen MR) is 68.1 cm³/mol. The summed E-state index contributed by atoms with van der Waals surface area (Å²) in [7, 11) is 0. The zero-order chi connectivity index (χ0) is 11.8. The fourth-order valence-electron chi connectivity index (χ4n) is 1.75. The monoisotopic (exact) mass is 245 g/mol. The van der Waals surface area contributed by atoms with Crippen molar-refractivity contribution >= 4 is 27.3 Å². The molecule has 3 aromatic heterocycles. The Labute approximate surface area is 102 Å². The van der Waals surface area contributed by atoms with Crippen molar-refractivity contribution < 1.29 is 4.52 Å². The molecule has 0 saturated heterocycles. The van der Waals surface area contributed by atoms with E-state index in [2.05, 4.69) is 10.1 Å². The number of nitrogens with two attached hydrogens (primary N) is 1. The van der Waals surface area contributed by atoms with Crippen molar-refractivity contribution in [2.24, 2.45) is 0 Å². The second-order valence-electron chi connectivity index (χ2n) is 3.86. The number of thiophene rings is 1. The topological polar surface area (TPSA) is 64.9 Å². The van der Waals surface area contributed by atoms with Crippen LogP contribution in [0.2, 0.25) is 0 Å². The van der Waals surface area contributed by atoms with E-state index in [0.717, 1.165) is 21.0 Å². The molecule has 2 N–H and O–H groups in total. The lowest BCUT2D eigenvalue weighted by atomic mass is 10.2. The maximum Gasteiger partial charge on any atom is 0.201 e. The number of nitrogens with zero attached hydrogens (tertiary/aromatic N) is 2. The first-order chi connectivity index (χ1) is 8.25. The molecular formula is C12H11N3OS. The molecule has 0 aromatic carbocycles. The van der Waals surface area contributed by atoms with Crippen LogP contribution in [0.25, 0.3) is 10.3 Å². The summed E-state index contributed by atoms with van der Waals surface area (Å²) < 4.78 is 6.31. The standard InChI is InChI=1S/C12H11N3OS/c1-7-10(13)11-12(17-7)9(15-16-11)6-8-4-2-3-5-14-8/h2-5H,6,13H2,1H3. The van der Waals surface area contributed by atoms with E-state index >= 15 is 0 Å². The summed E-state index contributed by atoms with van der Waals surface area (Å²) >= 11 is 1.62. The zero-order valence-corrected chi connectivity index (χ0v) is 10.1. The highest BCUT2D eigenvalue weighted by Gasteiger charge is 2.16. The van der Waals surface area contributed by atoms with E-state index in [0.29, 0.717) is 17.7 Å². The fraction of sp³-hybridized carbons (Fsp3) is 0.167. The molecule has 0 aliphatic heterocycles. The molecule has 0 saturated carbocycles. The van der Waals surface area contributed by atoms with E-state index in [1.807, 2.05) is 25.1 Å². The Morgan fingerprint density at radius 2 is 2.29 bits per heavy atom. The second kappa shape index (κ2) is 3.85. The molecule has 86 valence electrons. The summed E-state index contributed by atoms with van der Waals surface area (Å²) in [5.74, 6) is 0. The number of rotatable bonds is 2. The third kappa shape index (κ3) is 1.68. The van der Waals surface area contributed by atoms with E-state index in [-0.39, 0.29) is 0 Å². The van der Waals surface area contributed by atoms with Gasteiger partial charge in [-0.2, -0.15) is 0 Å². The molecule has 5 heteroatoms. The molecule has 0 aliphatic rings. The Morgan fingerprint density at radius 3 is 3.06 bits per heavy atom. The molecule has 3 rings (SSSR count). The lowest BCUT2D eigenvalue weighted by molar-refractivity contribution is 0.448. The average Bonchev–Trinajstić information content (AvgIpc) is 2.84. The number of anilines is 1. The highest BCUT2D eigenvalue weighted by atomic mass is 32.1. The summed E-state index contributed by atoms with van der Waals surface area (Å²) in [5.41, 5.74) is 9.20. The summed E-state index contributed by atoms with van der Waals surface area (Å²) in [6.45, 7) is 1.99. The van der Waals surface area contributed by atoms with Crippen LogP contribution < -0.4 is 5.73 Å². The summed E-state index contributed by atoms with van der Waals surface area (Å²) in [4.78, 5) is 5.35. The van der Waals surface area contributed by atoms with Crippen LogP contribution in [0.3, 0.4) is 0 Å². The quantitative estimate of drug-likeness (QED) is 0.754. The largest absolute Gasteiger partial charge is 0.395 e. The van der Waals surface area contributed by atoms with Crippen molar-refractivity contribution in [2.75, 3.05) is 5.73 Å². The van der Waals surface area contributed by atoms with Crippen molar-refractivity contribution in [1.82, 2.24) is 10.1 Å². The molecule has 0 amide bonds. The van der Waals surface area contributed by atoms with Gasteiger partial charge in [-0.05, 0) is 19.1 Å². The molecule has 4 nitrogen and oxygen atoms in total. The van der Waals surface area contributed by atoms with Gasteiger partial charge in [0.25, 0.3) is 0 Å². The Morgan fingerprint density at radius 1 is 1.41 bits per heavy atom. The molecule has 0 unspecified atom stereocenters. The van der Waals surface area contributed by atoms with Crippen molar-refractivity contribution in [3.05, 3.63) is 40.7 Å². The van der Waals surface area contributed by atoms with Gasteiger partial charge in [0.1, 0.15) is 10.4 Å².